The molecule has 0 spiro atoms. The summed E-state index contributed by atoms with van der Waals surface area (Å²) in [6.45, 7) is 9.87. The van der Waals surface area contributed by atoms with Gasteiger partial charge in [0.15, 0.2) is 0 Å². The van der Waals surface area contributed by atoms with Gasteiger partial charge in [-0.2, -0.15) is 0 Å². The van der Waals surface area contributed by atoms with Gasteiger partial charge in [-0.05, 0) is 38.8 Å². The number of hydrogen-bond donors (Lipinski definition) is 1. The highest BCUT2D eigenvalue weighted by atomic mass is 15.4. The minimum atomic E-state index is -0.0221. The average Bonchev–Trinajstić information content (AvgIpc) is 2.77. The van der Waals surface area contributed by atoms with E-state index in [1.807, 2.05) is 30.2 Å². The second kappa shape index (κ2) is 5.48. The molecule has 0 atom stereocenters. The summed E-state index contributed by atoms with van der Waals surface area (Å²) in [5, 5.41) is 11.7. The third kappa shape index (κ3) is 3.86. The van der Waals surface area contributed by atoms with Crippen molar-refractivity contribution >= 4 is 0 Å². The second-order valence-electron chi connectivity index (χ2n) is 5.80. The van der Waals surface area contributed by atoms with E-state index in [4.69, 9.17) is 0 Å². The summed E-state index contributed by atoms with van der Waals surface area (Å²) in [6, 6.07) is 2.13. The molecule has 2 aromatic rings. The third-order valence-electron chi connectivity index (χ3n) is 2.79. The fraction of sp³-hybridized carbons (Fsp3) is 0.500. The van der Waals surface area contributed by atoms with Crippen molar-refractivity contribution < 1.29 is 0 Å². The lowest BCUT2D eigenvalue weighted by Gasteiger charge is -2.17. The molecule has 5 heteroatoms. The van der Waals surface area contributed by atoms with Crippen LogP contribution < -0.4 is 5.32 Å². The number of hydrogen-bond acceptors (Lipinski definition) is 4. The standard InChI is InChI=1S/C14H21N5/c1-11-5-12(7-15-6-11)8-16-9-13-10-19(18-17-13)14(2,3)4/h5-7,10,16H,8-9H2,1-4H3. The quantitative estimate of drug-likeness (QED) is 0.912. The van der Waals surface area contributed by atoms with E-state index in [0.717, 1.165) is 12.2 Å². The molecule has 2 aromatic heterocycles. The molecule has 0 unspecified atom stereocenters. The van der Waals surface area contributed by atoms with Crippen molar-refractivity contribution in [1.29, 1.82) is 0 Å². The van der Waals surface area contributed by atoms with Crippen LogP contribution in [0.5, 0.6) is 0 Å². The van der Waals surface area contributed by atoms with Crippen LogP contribution in [0, 0.1) is 6.92 Å². The average molecular weight is 259 g/mol. The van der Waals surface area contributed by atoms with Gasteiger partial charge in [-0.25, -0.2) is 4.68 Å². The second-order valence-corrected chi connectivity index (χ2v) is 5.80. The van der Waals surface area contributed by atoms with E-state index >= 15 is 0 Å². The zero-order valence-electron chi connectivity index (χ0n) is 12.0. The van der Waals surface area contributed by atoms with E-state index in [9.17, 15) is 0 Å². The Labute approximate surface area is 114 Å². The fourth-order valence-electron chi connectivity index (χ4n) is 1.76. The molecule has 0 saturated heterocycles. The van der Waals surface area contributed by atoms with Crippen molar-refractivity contribution in [2.24, 2.45) is 0 Å². The SMILES string of the molecule is Cc1cncc(CNCc2cn(C(C)(C)C)nn2)c1. The molecule has 2 rings (SSSR count). The maximum Gasteiger partial charge on any atom is 0.0965 e. The van der Waals surface area contributed by atoms with E-state index in [1.54, 1.807) is 0 Å². The Kier molecular flexibility index (Phi) is 3.95. The molecule has 19 heavy (non-hydrogen) atoms. The van der Waals surface area contributed by atoms with Crippen LogP contribution in [0.2, 0.25) is 0 Å². The first-order chi connectivity index (χ1) is 8.95. The smallest absolute Gasteiger partial charge is 0.0965 e. The summed E-state index contributed by atoms with van der Waals surface area (Å²) in [5.41, 5.74) is 3.29. The Balaban J connectivity index is 1.88. The molecular weight excluding hydrogens is 238 g/mol. The minimum Gasteiger partial charge on any atom is -0.307 e. The van der Waals surface area contributed by atoms with Crippen LogP contribution in [0.3, 0.4) is 0 Å². The van der Waals surface area contributed by atoms with Gasteiger partial charge in [-0.1, -0.05) is 11.3 Å². The molecule has 0 aromatic carbocycles. The van der Waals surface area contributed by atoms with Gasteiger partial charge in [0.25, 0.3) is 0 Å². The Morgan fingerprint density at radius 2 is 2.00 bits per heavy atom. The molecule has 2 heterocycles. The number of aromatic nitrogens is 4. The maximum atomic E-state index is 4.17. The molecule has 102 valence electrons. The Morgan fingerprint density at radius 3 is 2.63 bits per heavy atom. The highest BCUT2D eigenvalue weighted by molar-refractivity contribution is 5.16. The van der Waals surface area contributed by atoms with Crippen molar-refractivity contribution in [1.82, 2.24) is 25.3 Å². The maximum absolute atomic E-state index is 4.17. The minimum absolute atomic E-state index is 0.0221. The zero-order chi connectivity index (χ0) is 13.9. The van der Waals surface area contributed by atoms with Crippen molar-refractivity contribution in [3.05, 3.63) is 41.5 Å². The molecule has 0 aliphatic heterocycles. The molecule has 0 radical (unpaired) electrons. The molecule has 5 nitrogen and oxygen atoms in total. The molecule has 0 saturated carbocycles. The molecule has 0 fully saturated rings. The monoisotopic (exact) mass is 259 g/mol. The lowest BCUT2D eigenvalue weighted by atomic mass is 10.1. The molecule has 0 bridgehead atoms. The summed E-state index contributed by atoms with van der Waals surface area (Å²) in [4.78, 5) is 4.17. The van der Waals surface area contributed by atoms with Gasteiger partial charge in [0, 0.05) is 25.5 Å². The number of aryl methyl sites for hydroxylation is 1. The lowest BCUT2D eigenvalue weighted by molar-refractivity contribution is 0.347. The normalized spacial score (nSPS) is 11.8. The van der Waals surface area contributed by atoms with Gasteiger partial charge in [0.1, 0.15) is 0 Å². The van der Waals surface area contributed by atoms with Crippen molar-refractivity contribution in [3.63, 3.8) is 0 Å². The summed E-state index contributed by atoms with van der Waals surface area (Å²) in [5.74, 6) is 0. The highest BCUT2D eigenvalue weighted by Gasteiger charge is 2.14. The van der Waals surface area contributed by atoms with Gasteiger partial charge >= 0.3 is 0 Å². The molecule has 0 amide bonds. The van der Waals surface area contributed by atoms with Crippen LogP contribution in [0.1, 0.15) is 37.6 Å². The lowest BCUT2D eigenvalue weighted by Crippen LogP contribution is -2.22. The van der Waals surface area contributed by atoms with Gasteiger partial charge in [0.05, 0.1) is 17.4 Å². The number of nitrogens with zero attached hydrogens (tertiary/aromatic N) is 4. The summed E-state index contributed by atoms with van der Waals surface area (Å²) in [6.07, 6.45) is 5.73. The van der Waals surface area contributed by atoms with Crippen molar-refractivity contribution in [2.75, 3.05) is 0 Å². The molecule has 0 aliphatic carbocycles. The van der Waals surface area contributed by atoms with Crippen LogP contribution in [0.4, 0.5) is 0 Å². The van der Waals surface area contributed by atoms with E-state index in [2.05, 4.69) is 47.5 Å². The first kappa shape index (κ1) is 13.7. The Hall–Kier alpha value is -1.75. The summed E-state index contributed by atoms with van der Waals surface area (Å²) >= 11 is 0. The van der Waals surface area contributed by atoms with Crippen molar-refractivity contribution in [3.8, 4) is 0 Å². The van der Waals surface area contributed by atoms with Gasteiger partial charge in [0.2, 0.25) is 0 Å². The number of nitrogens with one attached hydrogen (secondary N) is 1. The summed E-state index contributed by atoms with van der Waals surface area (Å²) in [7, 11) is 0. The first-order valence-electron chi connectivity index (χ1n) is 6.48. The van der Waals surface area contributed by atoms with Gasteiger partial charge < -0.3 is 5.32 Å². The van der Waals surface area contributed by atoms with E-state index in [-0.39, 0.29) is 5.54 Å². The molecule has 1 N–H and O–H groups in total. The number of pyridine rings is 1. The molecule has 0 aliphatic rings. The van der Waals surface area contributed by atoms with Crippen LogP contribution in [0.15, 0.2) is 24.7 Å². The predicted octanol–water partition coefficient (Wildman–Crippen LogP) is 2.03. The number of rotatable bonds is 4. The van der Waals surface area contributed by atoms with Crippen LogP contribution in [-0.2, 0) is 18.6 Å². The zero-order valence-corrected chi connectivity index (χ0v) is 12.0. The summed E-state index contributed by atoms with van der Waals surface area (Å²) < 4.78 is 1.89. The van der Waals surface area contributed by atoms with E-state index < -0.39 is 0 Å². The first-order valence-corrected chi connectivity index (χ1v) is 6.48. The van der Waals surface area contributed by atoms with E-state index in [0.29, 0.717) is 6.54 Å². The van der Waals surface area contributed by atoms with Crippen LogP contribution >= 0.6 is 0 Å². The van der Waals surface area contributed by atoms with Crippen LogP contribution in [-0.4, -0.2) is 20.0 Å². The molecular formula is C14H21N5. The fourth-order valence-corrected chi connectivity index (χ4v) is 1.76. The Bertz CT molecular complexity index is 539. The van der Waals surface area contributed by atoms with E-state index in [1.165, 1.54) is 11.1 Å². The van der Waals surface area contributed by atoms with Crippen molar-refractivity contribution in [2.45, 2.75) is 46.3 Å². The topological polar surface area (TPSA) is 55.6 Å². The Morgan fingerprint density at radius 1 is 1.21 bits per heavy atom. The van der Waals surface area contributed by atoms with Gasteiger partial charge in [-0.3, -0.25) is 4.98 Å². The predicted molar refractivity (Wildman–Crippen MR) is 74.5 cm³/mol. The van der Waals surface area contributed by atoms with Gasteiger partial charge in [-0.15, -0.1) is 5.10 Å². The largest absolute Gasteiger partial charge is 0.307 e. The van der Waals surface area contributed by atoms with Crippen LogP contribution in [0.25, 0.3) is 0 Å². The highest BCUT2D eigenvalue weighted by Crippen LogP contribution is 2.11. The third-order valence-corrected chi connectivity index (χ3v) is 2.79.